The second-order valence-corrected chi connectivity index (χ2v) is 8.08. The summed E-state index contributed by atoms with van der Waals surface area (Å²) in [5.41, 5.74) is 0.484. The second kappa shape index (κ2) is 5.87. The summed E-state index contributed by atoms with van der Waals surface area (Å²) in [6.45, 7) is 1.82. The molecule has 0 amide bonds. The number of pyridine rings is 1. The Morgan fingerprint density at radius 2 is 1.92 bits per heavy atom. The van der Waals surface area contributed by atoms with Crippen molar-refractivity contribution in [3.8, 4) is 0 Å². The number of aryl methyl sites for hydroxylation is 1. The van der Waals surface area contributed by atoms with E-state index >= 15 is 0 Å². The van der Waals surface area contributed by atoms with Crippen molar-refractivity contribution >= 4 is 54.4 Å². The second-order valence-electron chi connectivity index (χ2n) is 5.08. The highest BCUT2D eigenvalue weighted by Crippen LogP contribution is 2.34. The summed E-state index contributed by atoms with van der Waals surface area (Å²) in [5.74, 6) is -1.38. The predicted octanol–water partition coefficient (Wildman–Crippen LogP) is 3.70. The van der Waals surface area contributed by atoms with Crippen LogP contribution < -0.4 is 0 Å². The summed E-state index contributed by atoms with van der Waals surface area (Å²) >= 11 is 9.30. The van der Waals surface area contributed by atoms with Gasteiger partial charge < -0.3 is 5.11 Å². The van der Waals surface area contributed by atoms with Crippen molar-refractivity contribution in [1.29, 1.82) is 0 Å². The number of hydrogen-bond acceptors (Lipinski definition) is 4. The first-order valence-electron chi connectivity index (χ1n) is 6.64. The van der Waals surface area contributed by atoms with Crippen LogP contribution in [0.3, 0.4) is 0 Å². The van der Waals surface area contributed by atoms with E-state index in [0.717, 1.165) is 9.54 Å². The summed E-state index contributed by atoms with van der Waals surface area (Å²) in [5, 5.41) is 9.69. The van der Waals surface area contributed by atoms with E-state index in [2.05, 4.69) is 20.9 Å². The van der Waals surface area contributed by atoms with Crippen LogP contribution in [0.15, 0.2) is 45.9 Å². The molecule has 124 valence electrons. The van der Waals surface area contributed by atoms with Gasteiger partial charge in [-0.25, -0.2) is 22.2 Å². The highest BCUT2D eigenvalue weighted by Gasteiger charge is 2.28. The Kier molecular flexibility index (Phi) is 4.15. The molecule has 1 N–H and O–H groups in total. The van der Waals surface area contributed by atoms with Crippen molar-refractivity contribution in [3.05, 3.63) is 57.4 Å². The Hall–Kier alpha value is -1.90. The topological polar surface area (TPSA) is 89.3 Å². The van der Waals surface area contributed by atoms with Crippen molar-refractivity contribution in [2.24, 2.45) is 0 Å². The lowest BCUT2D eigenvalue weighted by atomic mass is 10.2. The molecule has 9 heteroatoms. The number of benzene rings is 1. The fourth-order valence-electron chi connectivity index (χ4n) is 2.33. The Labute approximate surface area is 150 Å². The van der Waals surface area contributed by atoms with Crippen LogP contribution in [0.25, 0.3) is 10.9 Å². The molecule has 0 saturated carbocycles. The van der Waals surface area contributed by atoms with E-state index in [1.807, 2.05) is 6.92 Å². The number of aromatic nitrogens is 2. The first-order valence-corrected chi connectivity index (χ1v) is 9.25. The van der Waals surface area contributed by atoms with E-state index in [4.69, 9.17) is 11.6 Å². The summed E-state index contributed by atoms with van der Waals surface area (Å²) in [6, 6.07) is 7.35. The smallest absolute Gasteiger partial charge is 0.353 e. The predicted molar refractivity (Wildman–Crippen MR) is 93.2 cm³/mol. The molecule has 0 atom stereocenters. The number of nitrogens with zero attached hydrogens (tertiary/aromatic N) is 2. The third-order valence-corrected chi connectivity index (χ3v) is 6.12. The quantitative estimate of drug-likeness (QED) is 0.641. The summed E-state index contributed by atoms with van der Waals surface area (Å²) in [6.07, 6.45) is 1.39. The molecule has 0 bridgehead atoms. The summed E-state index contributed by atoms with van der Waals surface area (Å²) < 4.78 is 27.2. The zero-order chi connectivity index (χ0) is 17.6. The zero-order valence-corrected chi connectivity index (χ0v) is 15.4. The molecule has 0 radical (unpaired) electrons. The van der Waals surface area contributed by atoms with Gasteiger partial charge >= 0.3 is 5.97 Å². The minimum absolute atomic E-state index is 0.0176. The fraction of sp³-hybridized carbons (Fsp3) is 0.0667. The van der Waals surface area contributed by atoms with Crippen LogP contribution in [0.5, 0.6) is 0 Å². The highest BCUT2D eigenvalue weighted by atomic mass is 79.9. The molecule has 1 aromatic carbocycles. The van der Waals surface area contributed by atoms with Crippen LogP contribution in [0, 0.1) is 6.92 Å². The van der Waals surface area contributed by atoms with Crippen LogP contribution in [0.2, 0.25) is 5.15 Å². The first kappa shape index (κ1) is 16.9. The maximum Gasteiger partial charge on any atom is 0.353 e. The van der Waals surface area contributed by atoms with Gasteiger partial charge in [0.05, 0.1) is 4.90 Å². The maximum atomic E-state index is 13.0. The zero-order valence-electron chi connectivity index (χ0n) is 12.2. The van der Waals surface area contributed by atoms with Crippen molar-refractivity contribution in [2.75, 3.05) is 0 Å². The number of rotatable bonds is 3. The minimum atomic E-state index is -4.16. The molecule has 0 fully saturated rings. The van der Waals surface area contributed by atoms with E-state index in [-0.39, 0.29) is 15.6 Å². The normalized spacial score (nSPS) is 11.8. The van der Waals surface area contributed by atoms with E-state index in [1.165, 1.54) is 24.4 Å². The number of carboxylic acids is 1. The van der Waals surface area contributed by atoms with Crippen LogP contribution in [0.4, 0.5) is 0 Å². The van der Waals surface area contributed by atoms with Crippen molar-refractivity contribution in [1.82, 2.24) is 8.96 Å². The Morgan fingerprint density at radius 1 is 1.29 bits per heavy atom. The third kappa shape index (κ3) is 2.60. The molecule has 3 aromatic rings. The van der Waals surface area contributed by atoms with Crippen LogP contribution in [-0.4, -0.2) is 28.5 Å². The minimum Gasteiger partial charge on any atom is -0.477 e. The number of carboxylic acid groups (broad SMARTS) is 1. The molecule has 0 aliphatic carbocycles. The van der Waals surface area contributed by atoms with E-state index in [0.29, 0.717) is 9.86 Å². The lowest BCUT2D eigenvalue weighted by Crippen LogP contribution is -2.18. The fourth-order valence-corrected chi connectivity index (χ4v) is 4.52. The Bertz CT molecular complexity index is 1080. The SMILES string of the molecule is Cc1ccc(S(=O)(=O)n2c(C(=O)O)cc3c(Br)cnc(Cl)c32)cc1. The van der Waals surface area contributed by atoms with Crippen molar-refractivity contribution in [3.63, 3.8) is 0 Å². The lowest BCUT2D eigenvalue weighted by Gasteiger charge is -2.11. The first-order chi connectivity index (χ1) is 11.2. The van der Waals surface area contributed by atoms with Gasteiger partial charge in [-0.2, -0.15) is 0 Å². The molecule has 0 aliphatic rings. The van der Waals surface area contributed by atoms with Gasteiger partial charge in [0.15, 0.2) is 5.15 Å². The van der Waals surface area contributed by atoms with Crippen LogP contribution in [0.1, 0.15) is 16.1 Å². The van der Waals surface area contributed by atoms with Gasteiger partial charge in [-0.05, 0) is 41.1 Å². The van der Waals surface area contributed by atoms with Gasteiger partial charge in [-0.1, -0.05) is 29.3 Å². The molecule has 6 nitrogen and oxygen atoms in total. The number of carbonyl (C=O) groups is 1. The monoisotopic (exact) mass is 428 g/mol. The Balaban J connectivity index is 2.44. The number of fused-ring (bicyclic) bond motifs is 1. The summed E-state index contributed by atoms with van der Waals surface area (Å²) in [4.78, 5) is 15.4. The average Bonchev–Trinajstić information content (AvgIpc) is 2.94. The number of hydrogen-bond donors (Lipinski definition) is 1. The maximum absolute atomic E-state index is 13.0. The van der Waals surface area contributed by atoms with Gasteiger partial charge in [0.1, 0.15) is 11.2 Å². The number of aromatic carboxylic acids is 1. The van der Waals surface area contributed by atoms with Gasteiger partial charge in [-0.15, -0.1) is 0 Å². The van der Waals surface area contributed by atoms with Gasteiger partial charge in [0.25, 0.3) is 10.0 Å². The number of halogens is 2. The molecule has 0 spiro atoms. The molecule has 0 unspecified atom stereocenters. The summed E-state index contributed by atoms with van der Waals surface area (Å²) in [7, 11) is -4.16. The van der Waals surface area contributed by atoms with E-state index < -0.39 is 21.7 Å². The molecular weight excluding hydrogens is 420 g/mol. The van der Waals surface area contributed by atoms with Crippen LogP contribution >= 0.6 is 27.5 Å². The third-order valence-electron chi connectivity index (χ3n) is 3.48. The largest absolute Gasteiger partial charge is 0.477 e. The van der Waals surface area contributed by atoms with Crippen molar-refractivity contribution < 1.29 is 18.3 Å². The van der Waals surface area contributed by atoms with E-state index in [1.54, 1.807) is 12.1 Å². The highest BCUT2D eigenvalue weighted by molar-refractivity contribution is 9.10. The molecule has 24 heavy (non-hydrogen) atoms. The van der Waals surface area contributed by atoms with Crippen LogP contribution in [-0.2, 0) is 10.0 Å². The van der Waals surface area contributed by atoms with Crippen molar-refractivity contribution in [2.45, 2.75) is 11.8 Å². The lowest BCUT2D eigenvalue weighted by molar-refractivity contribution is 0.0689. The van der Waals surface area contributed by atoms with Gasteiger partial charge in [-0.3, -0.25) is 0 Å². The van der Waals surface area contributed by atoms with Gasteiger partial charge in [0, 0.05) is 16.1 Å². The average molecular weight is 430 g/mol. The molecule has 2 aromatic heterocycles. The van der Waals surface area contributed by atoms with E-state index in [9.17, 15) is 18.3 Å². The molecule has 0 saturated heterocycles. The Morgan fingerprint density at radius 3 is 2.50 bits per heavy atom. The molecule has 0 aliphatic heterocycles. The van der Waals surface area contributed by atoms with Gasteiger partial charge in [0.2, 0.25) is 0 Å². The standard InChI is InChI=1S/C15H10BrClN2O4S/c1-8-2-4-9(5-3-8)24(22,23)19-12(15(20)21)6-10-11(16)7-18-14(17)13(10)19/h2-7H,1H3,(H,20,21). The molecule has 3 rings (SSSR count). The molecular formula is C15H10BrClN2O4S. The molecule has 2 heterocycles.